The summed E-state index contributed by atoms with van der Waals surface area (Å²) in [6.07, 6.45) is 2.93. The van der Waals surface area contributed by atoms with Crippen molar-refractivity contribution in [3.63, 3.8) is 0 Å². The monoisotopic (exact) mass is 494 g/mol. The van der Waals surface area contributed by atoms with Crippen molar-refractivity contribution in [1.82, 2.24) is 40.3 Å². The van der Waals surface area contributed by atoms with Crippen LogP contribution in [0.1, 0.15) is 41.7 Å². The molecule has 0 amide bonds. The van der Waals surface area contributed by atoms with Gasteiger partial charge in [-0.25, -0.2) is 24.6 Å². The lowest BCUT2D eigenvalue weighted by atomic mass is 10.1. The summed E-state index contributed by atoms with van der Waals surface area (Å²) in [5.41, 5.74) is 3.05. The number of nitrogens with zero attached hydrogens (tertiary/aromatic N) is 6. The fourth-order valence-electron chi connectivity index (χ4n) is 4.25. The van der Waals surface area contributed by atoms with Crippen LogP contribution < -0.4 is 15.4 Å². The fourth-order valence-corrected chi connectivity index (χ4v) is 4.25. The van der Waals surface area contributed by atoms with Gasteiger partial charge in [0.05, 0.1) is 30.9 Å². The third kappa shape index (κ3) is 4.08. The van der Waals surface area contributed by atoms with Gasteiger partial charge in [-0.3, -0.25) is 0 Å². The van der Waals surface area contributed by atoms with E-state index in [4.69, 9.17) is 9.72 Å². The van der Waals surface area contributed by atoms with Gasteiger partial charge in [0.25, 0.3) is 0 Å². The van der Waals surface area contributed by atoms with E-state index in [1.807, 2.05) is 12.1 Å². The first-order valence-electron chi connectivity index (χ1n) is 11.4. The number of hydrogen-bond donors (Lipinski definition) is 2. The van der Waals surface area contributed by atoms with Crippen LogP contribution in [0.2, 0.25) is 0 Å². The molecule has 9 nitrogen and oxygen atoms in total. The molecule has 184 valence electrons. The highest BCUT2D eigenvalue weighted by Crippen LogP contribution is 2.44. The lowest BCUT2D eigenvalue weighted by Crippen LogP contribution is -2.27. The smallest absolute Gasteiger partial charge is 0.432 e. The molecule has 1 unspecified atom stereocenters. The summed E-state index contributed by atoms with van der Waals surface area (Å²) < 4.78 is 45.9. The van der Waals surface area contributed by atoms with Crippen molar-refractivity contribution >= 4 is 11.0 Å². The number of aromatic nitrogens is 6. The number of hydrogen-bond acceptors (Lipinski definition) is 8. The lowest BCUT2D eigenvalue weighted by molar-refractivity contribution is -0.0963. The minimum Gasteiger partial charge on any atom is -0.480 e. The summed E-state index contributed by atoms with van der Waals surface area (Å²) in [5.74, 6) is 1.27. The number of fused-ring (bicyclic) bond motifs is 1. The van der Waals surface area contributed by atoms with E-state index < -0.39 is 18.0 Å². The average Bonchev–Trinajstić information content (AvgIpc) is 3.46. The highest BCUT2D eigenvalue weighted by atomic mass is 19.4. The van der Waals surface area contributed by atoms with Crippen molar-refractivity contribution in [1.29, 1.82) is 0 Å². The first kappa shape index (κ1) is 22.3. The molecular formula is C24H21F3N8O. The van der Waals surface area contributed by atoms with Crippen LogP contribution in [0.4, 0.5) is 13.2 Å². The first-order valence-corrected chi connectivity index (χ1v) is 11.4. The van der Waals surface area contributed by atoms with E-state index in [9.17, 15) is 13.2 Å². The summed E-state index contributed by atoms with van der Waals surface area (Å²) in [7, 11) is 1.56. The molecule has 1 saturated carbocycles. The average molecular weight is 494 g/mol. The van der Waals surface area contributed by atoms with E-state index in [1.165, 1.54) is 6.33 Å². The second-order valence-corrected chi connectivity index (χ2v) is 8.73. The molecule has 0 radical (unpaired) electrons. The van der Waals surface area contributed by atoms with E-state index >= 15 is 0 Å². The quantitative estimate of drug-likeness (QED) is 0.417. The van der Waals surface area contributed by atoms with Crippen LogP contribution in [-0.4, -0.2) is 43.0 Å². The minimum absolute atomic E-state index is 0.353. The Morgan fingerprint density at radius 1 is 1.08 bits per heavy atom. The molecule has 1 aliphatic carbocycles. The predicted octanol–water partition coefficient (Wildman–Crippen LogP) is 3.81. The molecule has 4 heterocycles. The van der Waals surface area contributed by atoms with E-state index in [1.54, 1.807) is 36.3 Å². The van der Waals surface area contributed by atoms with Gasteiger partial charge < -0.3 is 15.4 Å². The van der Waals surface area contributed by atoms with Crippen LogP contribution in [-0.2, 0) is 6.54 Å². The number of ether oxygens (including phenoxy) is 1. The standard InChI is InChI=1S/C24H21F3N8O/c1-36-23-18(19(14-6-7-14)30-12-31-23)21-28-8-16-9-32-35(22(16)34-21)11-13-2-4-15(5-3-13)20-29-10-17(33-20)24(25,26)27/h2-5,8-10,12,14,20,29,33H,6-7,11H2,1H3. The number of benzene rings is 1. The Morgan fingerprint density at radius 3 is 2.58 bits per heavy atom. The van der Waals surface area contributed by atoms with Crippen LogP contribution in [0.25, 0.3) is 22.4 Å². The molecule has 2 aliphatic rings. The number of rotatable bonds is 6. The van der Waals surface area contributed by atoms with Crippen molar-refractivity contribution in [2.24, 2.45) is 0 Å². The van der Waals surface area contributed by atoms with Gasteiger partial charge in [-0.1, -0.05) is 24.3 Å². The van der Waals surface area contributed by atoms with E-state index in [0.29, 0.717) is 40.9 Å². The molecule has 3 aromatic heterocycles. The topological polar surface area (TPSA) is 103 Å². The Morgan fingerprint density at radius 2 is 1.89 bits per heavy atom. The normalized spacial score (nSPS) is 17.6. The van der Waals surface area contributed by atoms with Gasteiger partial charge in [-0.15, -0.1) is 0 Å². The van der Waals surface area contributed by atoms with Gasteiger partial charge in [0.15, 0.2) is 11.5 Å². The third-order valence-corrected chi connectivity index (χ3v) is 6.24. The van der Waals surface area contributed by atoms with Crippen molar-refractivity contribution in [2.75, 3.05) is 7.11 Å². The first-order chi connectivity index (χ1) is 17.4. The number of halogens is 3. The Bertz CT molecular complexity index is 1460. The third-order valence-electron chi connectivity index (χ3n) is 6.24. The number of nitrogens with one attached hydrogen (secondary N) is 2. The molecule has 1 aromatic carbocycles. The van der Waals surface area contributed by atoms with Crippen molar-refractivity contribution in [2.45, 2.75) is 37.6 Å². The molecule has 0 bridgehead atoms. The van der Waals surface area contributed by atoms with Crippen molar-refractivity contribution in [3.05, 3.63) is 71.7 Å². The largest absolute Gasteiger partial charge is 0.480 e. The predicted molar refractivity (Wildman–Crippen MR) is 124 cm³/mol. The van der Waals surface area contributed by atoms with Gasteiger partial charge in [0, 0.05) is 18.3 Å². The number of allylic oxidation sites excluding steroid dienone is 1. The minimum atomic E-state index is -4.42. The summed E-state index contributed by atoms with van der Waals surface area (Å²) in [6.45, 7) is 0.426. The SMILES string of the molecule is COc1ncnc(C2CC2)c1-c1ncc2cnn(Cc3ccc(C4NC=C(C(F)(F)F)N4)cc3)c2n1. The molecule has 36 heavy (non-hydrogen) atoms. The van der Waals surface area contributed by atoms with Crippen LogP contribution in [0.15, 0.2) is 54.9 Å². The zero-order chi connectivity index (χ0) is 24.9. The van der Waals surface area contributed by atoms with Gasteiger partial charge in [0.1, 0.15) is 23.8 Å². The van der Waals surface area contributed by atoms with Gasteiger partial charge in [-0.05, 0) is 24.0 Å². The molecule has 12 heteroatoms. The second kappa shape index (κ2) is 8.47. The summed E-state index contributed by atoms with van der Waals surface area (Å²) in [5, 5.41) is 10.4. The van der Waals surface area contributed by atoms with Gasteiger partial charge >= 0.3 is 6.18 Å². The fraction of sp³-hybridized carbons (Fsp3) is 0.292. The van der Waals surface area contributed by atoms with E-state index in [0.717, 1.165) is 35.7 Å². The molecule has 6 rings (SSSR count). The Balaban J connectivity index is 1.26. The molecule has 1 fully saturated rings. The molecular weight excluding hydrogens is 473 g/mol. The van der Waals surface area contributed by atoms with E-state index in [2.05, 4.69) is 30.7 Å². The molecule has 2 N–H and O–H groups in total. The van der Waals surface area contributed by atoms with Crippen molar-refractivity contribution in [3.8, 4) is 17.3 Å². The zero-order valence-corrected chi connectivity index (χ0v) is 19.1. The molecule has 1 aliphatic heterocycles. The zero-order valence-electron chi connectivity index (χ0n) is 19.1. The van der Waals surface area contributed by atoms with Crippen LogP contribution in [0.5, 0.6) is 5.88 Å². The second-order valence-electron chi connectivity index (χ2n) is 8.73. The molecule has 0 saturated heterocycles. The summed E-state index contributed by atoms with van der Waals surface area (Å²) >= 11 is 0. The molecule has 0 spiro atoms. The van der Waals surface area contributed by atoms with Crippen LogP contribution in [0.3, 0.4) is 0 Å². The Hall–Kier alpha value is -4.22. The summed E-state index contributed by atoms with van der Waals surface area (Å²) in [6, 6.07) is 7.29. The maximum absolute atomic E-state index is 12.9. The molecule has 1 atom stereocenters. The van der Waals surface area contributed by atoms with Gasteiger partial charge in [0.2, 0.25) is 5.88 Å². The highest BCUT2D eigenvalue weighted by molar-refractivity contribution is 5.77. The van der Waals surface area contributed by atoms with Crippen LogP contribution >= 0.6 is 0 Å². The van der Waals surface area contributed by atoms with Crippen molar-refractivity contribution < 1.29 is 17.9 Å². The lowest BCUT2D eigenvalue weighted by Gasteiger charge is -2.16. The summed E-state index contributed by atoms with van der Waals surface area (Å²) in [4.78, 5) is 18.0. The Labute approximate surface area is 203 Å². The number of methoxy groups -OCH3 is 1. The van der Waals surface area contributed by atoms with E-state index in [-0.39, 0.29) is 0 Å². The Kier molecular flexibility index (Phi) is 5.23. The highest BCUT2D eigenvalue weighted by Gasteiger charge is 2.38. The number of alkyl halides is 3. The molecule has 4 aromatic rings. The maximum atomic E-state index is 12.9. The van der Waals surface area contributed by atoms with Crippen LogP contribution in [0, 0.1) is 0 Å². The van der Waals surface area contributed by atoms with Gasteiger partial charge in [-0.2, -0.15) is 18.3 Å². The maximum Gasteiger partial charge on any atom is 0.432 e.